The number of ketones is 1. The molecular weight excluding hydrogens is 472 g/mol. The van der Waals surface area contributed by atoms with Gasteiger partial charge in [0.25, 0.3) is 0 Å². The van der Waals surface area contributed by atoms with E-state index in [1.165, 1.54) is 18.2 Å². The van der Waals surface area contributed by atoms with Crippen LogP contribution in [-0.2, 0) is 11.3 Å². The third kappa shape index (κ3) is 4.35. The van der Waals surface area contributed by atoms with E-state index in [4.69, 9.17) is 5.11 Å². The molecule has 2 saturated carbocycles. The van der Waals surface area contributed by atoms with Gasteiger partial charge in [0.05, 0.1) is 11.4 Å². The normalized spacial score (nSPS) is 22.5. The molecule has 0 bridgehead atoms. The molecule has 6 rings (SSSR count). The van der Waals surface area contributed by atoms with Crippen molar-refractivity contribution in [2.45, 2.75) is 38.6 Å². The number of fused-ring (bicyclic) bond motifs is 1. The van der Waals surface area contributed by atoms with E-state index in [0.29, 0.717) is 42.3 Å². The summed E-state index contributed by atoms with van der Waals surface area (Å²) < 4.78 is 30.2. The number of carboxylic acids is 1. The van der Waals surface area contributed by atoms with Crippen molar-refractivity contribution in [1.29, 1.82) is 0 Å². The lowest BCUT2D eigenvalue weighted by atomic mass is 9.47. The highest BCUT2D eigenvalue weighted by atomic mass is 19.1. The molecule has 4 nitrogen and oxygen atoms in total. The lowest BCUT2D eigenvalue weighted by Gasteiger charge is -2.56. The molecule has 6 heteroatoms. The van der Waals surface area contributed by atoms with Gasteiger partial charge in [0.15, 0.2) is 5.78 Å². The fraction of sp³-hybridized carbons (Fsp3) is 0.290. The number of carboxylic acid groups (broad SMARTS) is 1. The second-order valence-electron chi connectivity index (χ2n) is 10.9. The topological polar surface area (TPSA) is 59.3 Å². The molecular formula is C31H27F2NO3. The van der Waals surface area contributed by atoms with Crippen molar-refractivity contribution >= 4 is 22.7 Å². The maximum absolute atomic E-state index is 14.6. The molecule has 188 valence electrons. The van der Waals surface area contributed by atoms with Crippen LogP contribution in [0.15, 0.2) is 72.9 Å². The van der Waals surface area contributed by atoms with Gasteiger partial charge in [0.2, 0.25) is 0 Å². The molecule has 0 unspecified atom stereocenters. The van der Waals surface area contributed by atoms with Crippen LogP contribution in [0.2, 0.25) is 0 Å². The number of aliphatic carboxylic acids is 1. The number of benzene rings is 3. The number of hydrogen-bond acceptors (Lipinski definition) is 2. The summed E-state index contributed by atoms with van der Waals surface area (Å²) in [7, 11) is 0. The van der Waals surface area contributed by atoms with Gasteiger partial charge in [-0.3, -0.25) is 9.59 Å². The minimum absolute atomic E-state index is 0.000334. The van der Waals surface area contributed by atoms with Crippen LogP contribution in [0.5, 0.6) is 0 Å². The summed E-state index contributed by atoms with van der Waals surface area (Å²) in [5, 5.41) is 9.58. The molecule has 1 aromatic heterocycles. The van der Waals surface area contributed by atoms with Gasteiger partial charge < -0.3 is 9.67 Å². The van der Waals surface area contributed by atoms with Gasteiger partial charge in [-0.2, -0.15) is 0 Å². The van der Waals surface area contributed by atoms with Crippen molar-refractivity contribution in [3.8, 4) is 11.1 Å². The number of rotatable bonds is 7. The van der Waals surface area contributed by atoms with Crippen LogP contribution >= 0.6 is 0 Å². The van der Waals surface area contributed by atoms with E-state index in [1.807, 2.05) is 41.1 Å². The number of hydrogen-bond donors (Lipinski definition) is 1. The smallest absolute Gasteiger partial charge is 0.306 e. The standard InChI is InChI=1S/C31H27F2NO3/c32-24-3-1-2-22(13-24)21-6-4-19(5-7-21)18-34-11-10-25-27(33)9-8-26(29(25)34)28(35)12-20-14-31(15-20)16-23(17-31)30(36)37/h1-11,13,20,23H,12,14-18H2,(H,36,37). The maximum atomic E-state index is 14.6. The Bertz CT molecular complexity index is 1510. The van der Waals surface area contributed by atoms with Gasteiger partial charge in [-0.05, 0) is 84.0 Å². The van der Waals surface area contributed by atoms with Gasteiger partial charge >= 0.3 is 5.97 Å². The Morgan fingerprint density at radius 3 is 2.38 bits per heavy atom. The van der Waals surface area contributed by atoms with Gasteiger partial charge in [-0.25, -0.2) is 8.78 Å². The van der Waals surface area contributed by atoms with Crippen LogP contribution in [0.25, 0.3) is 22.0 Å². The Morgan fingerprint density at radius 1 is 0.919 bits per heavy atom. The summed E-state index contributed by atoms with van der Waals surface area (Å²) >= 11 is 0. The lowest BCUT2D eigenvalue weighted by Crippen LogP contribution is -2.50. The molecule has 0 radical (unpaired) electrons. The Morgan fingerprint density at radius 2 is 1.68 bits per heavy atom. The average Bonchev–Trinajstić information content (AvgIpc) is 3.24. The Labute approximate surface area is 213 Å². The number of carbonyl (C=O) groups excluding carboxylic acids is 1. The lowest BCUT2D eigenvalue weighted by molar-refractivity contribution is -0.157. The first-order chi connectivity index (χ1) is 17.8. The second kappa shape index (κ2) is 8.94. The van der Waals surface area contributed by atoms with Crippen molar-refractivity contribution in [2.75, 3.05) is 0 Å². The zero-order valence-corrected chi connectivity index (χ0v) is 20.3. The number of Topliss-reactive ketones (excluding diaryl/α,β-unsaturated/α-hetero) is 1. The third-order valence-corrected chi connectivity index (χ3v) is 8.26. The van der Waals surface area contributed by atoms with Crippen LogP contribution in [0.4, 0.5) is 8.78 Å². The summed E-state index contributed by atoms with van der Waals surface area (Å²) in [6.45, 7) is 0.472. The first kappa shape index (κ1) is 23.6. The fourth-order valence-electron chi connectivity index (χ4n) is 6.49. The number of carbonyl (C=O) groups is 2. The summed E-state index contributed by atoms with van der Waals surface area (Å²) in [4.78, 5) is 24.5. The summed E-state index contributed by atoms with van der Waals surface area (Å²) in [6.07, 6.45) is 5.43. The van der Waals surface area contributed by atoms with Gasteiger partial charge in [-0.15, -0.1) is 0 Å². The van der Waals surface area contributed by atoms with E-state index >= 15 is 0 Å². The number of aromatic nitrogens is 1. The summed E-state index contributed by atoms with van der Waals surface area (Å²) in [6, 6.07) is 18.9. The van der Waals surface area contributed by atoms with Crippen molar-refractivity contribution in [2.24, 2.45) is 17.3 Å². The molecule has 37 heavy (non-hydrogen) atoms. The monoisotopic (exact) mass is 499 g/mol. The molecule has 0 atom stereocenters. The molecule has 0 aliphatic heterocycles. The Balaban J connectivity index is 1.19. The molecule has 2 fully saturated rings. The van der Waals surface area contributed by atoms with E-state index in [0.717, 1.165) is 29.5 Å². The molecule has 1 heterocycles. The zero-order chi connectivity index (χ0) is 25.7. The van der Waals surface area contributed by atoms with E-state index in [1.54, 1.807) is 18.2 Å². The molecule has 2 aliphatic carbocycles. The molecule has 2 aliphatic rings. The molecule has 4 aromatic rings. The zero-order valence-electron chi connectivity index (χ0n) is 20.3. The van der Waals surface area contributed by atoms with Crippen molar-refractivity contribution in [1.82, 2.24) is 4.57 Å². The number of nitrogens with zero attached hydrogens (tertiary/aromatic N) is 1. The predicted octanol–water partition coefficient (Wildman–Crippen LogP) is 7.10. The highest BCUT2D eigenvalue weighted by Crippen LogP contribution is 2.62. The summed E-state index contributed by atoms with van der Waals surface area (Å²) in [5.41, 5.74) is 3.93. The minimum Gasteiger partial charge on any atom is -0.481 e. The molecule has 1 N–H and O–H groups in total. The van der Waals surface area contributed by atoms with Crippen molar-refractivity contribution in [3.63, 3.8) is 0 Å². The first-order valence-corrected chi connectivity index (χ1v) is 12.7. The second-order valence-corrected chi connectivity index (χ2v) is 10.9. The summed E-state index contributed by atoms with van der Waals surface area (Å²) in [5.74, 6) is -1.35. The quantitative estimate of drug-likeness (QED) is 0.276. The van der Waals surface area contributed by atoms with Crippen LogP contribution < -0.4 is 0 Å². The van der Waals surface area contributed by atoms with Crippen molar-refractivity contribution in [3.05, 3.63) is 95.7 Å². The highest BCUT2D eigenvalue weighted by Gasteiger charge is 2.54. The average molecular weight is 500 g/mol. The van der Waals surface area contributed by atoms with Crippen molar-refractivity contribution < 1.29 is 23.5 Å². The molecule has 0 amide bonds. The highest BCUT2D eigenvalue weighted by molar-refractivity contribution is 6.07. The van der Waals surface area contributed by atoms with Gasteiger partial charge in [0, 0.05) is 30.1 Å². The molecule has 1 spiro atoms. The van der Waals surface area contributed by atoms with E-state index in [2.05, 4.69) is 0 Å². The minimum atomic E-state index is -0.719. The van der Waals surface area contributed by atoms with Crippen LogP contribution in [0, 0.1) is 28.9 Å². The van der Waals surface area contributed by atoms with E-state index < -0.39 is 5.97 Å². The third-order valence-electron chi connectivity index (χ3n) is 8.26. The molecule has 0 saturated heterocycles. The van der Waals surface area contributed by atoms with Crippen LogP contribution in [0.3, 0.4) is 0 Å². The largest absolute Gasteiger partial charge is 0.481 e. The fourth-order valence-corrected chi connectivity index (χ4v) is 6.49. The van der Waals surface area contributed by atoms with Crippen LogP contribution in [0.1, 0.15) is 48.0 Å². The van der Waals surface area contributed by atoms with Crippen LogP contribution in [-0.4, -0.2) is 21.4 Å². The Kier molecular flexibility index (Phi) is 5.70. The predicted molar refractivity (Wildman–Crippen MR) is 137 cm³/mol. The SMILES string of the molecule is O=C(CC1CC2(C1)CC(C(=O)O)C2)c1ccc(F)c2ccn(Cc3ccc(-c4cccc(F)c4)cc3)c12. The van der Waals surface area contributed by atoms with E-state index in [9.17, 15) is 18.4 Å². The molecule has 3 aromatic carbocycles. The van der Waals surface area contributed by atoms with Gasteiger partial charge in [-0.1, -0.05) is 36.4 Å². The Hall–Kier alpha value is -3.80. The van der Waals surface area contributed by atoms with E-state index in [-0.39, 0.29) is 34.7 Å². The maximum Gasteiger partial charge on any atom is 0.306 e. The first-order valence-electron chi connectivity index (χ1n) is 12.7. The van der Waals surface area contributed by atoms with Gasteiger partial charge in [0.1, 0.15) is 11.6 Å². The number of halogens is 2.